The Bertz CT molecular complexity index is 863. The average molecular weight is 383 g/mol. The van der Waals surface area contributed by atoms with Gasteiger partial charge in [0.25, 0.3) is 0 Å². The third-order valence-electron chi connectivity index (χ3n) is 5.96. The van der Waals surface area contributed by atoms with Gasteiger partial charge in [-0.2, -0.15) is 0 Å². The first-order valence-corrected chi connectivity index (χ1v) is 9.82. The first-order chi connectivity index (χ1) is 12.9. The fourth-order valence-corrected chi connectivity index (χ4v) is 5.42. The zero-order valence-electron chi connectivity index (χ0n) is 14.7. The second kappa shape index (κ2) is 6.69. The highest BCUT2D eigenvalue weighted by molar-refractivity contribution is 7.99. The molecule has 27 heavy (non-hydrogen) atoms. The monoisotopic (exact) mass is 383 g/mol. The van der Waals surface area contributed by atoms with E-state index in [1.54, 1.807) is 11.8 Å². The quantitative estimate of drug-likeness (QED) is 0.730. The van der Waals surface area contributed by atoms with E-state index in [2.05, 4.69) is 0 Å². The predicted molar refractivity (Wildman–Crippen MR) is 102 cm³/mol. The van der Waals surface area contributed by atoms with Crippen LogP contribution in [-0.4, -0.2) is 27.7 Å². The van der Waals surface area contributed by atoms with E-state index in [9.17, 15) is 14.7 Å². The summed E-state index contributed by atoms with van der Waals surface area (Å²) in [5.74, 6) is -2.86. The number of hydrogen-bond donors (Lipinski definition) is 3. The molecule has 2 aromatic carbocycles. The fourth-order valence-electron chi connectivity index (χ4n) is 4.24. The van der Waals surface area contributed by atoms with Crippen LogP contribution in [0.15, 0.2) is 58.3 Å². The molecule has 4 rings (SSSR count). The molecular formula is C21H21NO4S. The van der Waals surface area contributed by atoms with Crippen LogP contribution >= 0.6 is 11.8 Å². The predicted octanol–water partition coefficient (Wildman–Crippen LogP) is 3.57. The summed E-state index contributed by atoms with van der Waals surface area (Å²) in [4.78, 5) is 25.5. The van der Waals surface area contributed by atoms with Crippen molar-refractivity contribution in [2.75, 3.05) is 0 Å². The van der Waals surface area contributed by atoms with Crippen LogP contribution in [0.5, 0.6) is 0 Å². The number of carboxylic acid groups (broad SMARTS) is 2. The van der Waals surface area contributed by atoms with Crippen LogP contribution in [0.25, 0.3) is 0 Å². The molecule has 140 valence electrons. The summed E-state index contributed by atoms with van der Waals surface area (Å²) in [6, 6.07) is 16.0. The van der Waals surface area contributed by atoms with Crippen molar-refractivity contribution < 1.29 is 19.8 Å². The Morgan fingerprint density at radius 1 is 1.00 bits per heavy atom. The molecule has 0 bridgehead atoms. The van der Waals surface area contributed by atoms with Gasteiger partial charge in [0, 0.05) is 15.7 Å². The van der Waals surface area contributed by atoms with Crippen molar-refractivity contribution in [2.45, 2.75) is 40.5 Å². The molecule has 0 spiro atoms. The zero-order valence-corrected chi connectivity index (χ0v) is 15.5. The van der Waals surface area contributed by atoms with Gasteiger partial charge in [0.05, 0.1) is 5.92 Å². The lowest BCUT2D eigenvalue weighted by atomic mass is 9.62. The molecule has 1 aliphatic carbocycles. The Morgan fingerprint density at radius 2 is 1.52 bits per heavy atom. The van der Waals surface area contributed by atoms with Crippen LogP contribution in [-0.2, 0) is 9.59 Å². The number of rotatable bonds is 5. The lowest BCUT2D eigenvalue weighted by Gasteiger charge is -2.45. The first kappa shape index (κ1) is 18.1. The highest BCUT2D eigenvalue weighted by Gasteiger charge is 2.52. The van der Waals surface area contributed by atoms with Gasteiger partial charge >= 0.3 is 11.9 Å². The van der Waals surface area contributed by atoms with Crippen molar-refractivity contribution in [1.82, 2.24) is 0 Å². The molecule has 6 heteroatoms. The zero-order chi connectivity index (χ0) is 19.2. The smallest absolute Gasteiger partial charge is 0.323 e. The standard InChI is InChI=1S/C21H21NO4S/c22-21(20(25)26,13-9-12(10-13)19(23)24)11-16-14-5-1-3-7-17(14)27-18-8-4-2-6-15(16)18/h1-8,12-13,16H,9-11,22H2,(H,23,24)(H,25,26)/t12-,13+,21-/m0/s1. The number of carboxylic acids is 2. The summed E-state index contributed by atoms with van der Waals surface area (Å²) >= 11 is 1.69. The number of nitrogens with two attached hydrogens (primary N) is 1. The maximum Gasteiger partial charge on any atom is 0.323 e. The van der Waals surface area contributed by atoms with E-state index in [1.165, 1.54) is 0 Å². The van der Waals surface area contributed by atoms with Crippen LogP contribution in [0, 0.1) is 11.8 Å². The maximum atomic E-state index is 12.2. The Morgan fingerprint density at radius 3 is 2.00 bits per heavy atom. The highest BCUT2D eigenvalue weighted by atomic mass is 32.2. The van der Waals surface area contributed by atoms with Gasteiger partial charge in [-0.3, -0.25) is 9.59 Å². The third kappa shape index (κ3) is 3.03. The number of aliphatic carboxylic acids is 2. The normalized spacial score (nSPS) is 23.4. The van der Waals surface area contributed by atoms with E-state index in [0.717, 1.165) is 20.9 Å². The van der Waals surface area contributed by atoms with Gasteiger partial charge in [-0.25, -0.2) is 0 Å². The van der Waals surface area contributed by atoms with Crippen LogP contribution in [0.2, 0.25) is 0 Å². The molecule has 0 unspecified atom stereocenters. The van der Waals surface area contributed by atoms with Gasteiger partial charge in [0.2, 0.25) is 0 Å². The van der Waals surface area contributed by atoms with Crippen LogP contribution < -0.4 is 5.73 Å². The molecule has 1 heterocycles. The lowest BCUT2D eigenvalue weighted by molar-refractivity contribution is -0.156. The molecule has 0 aromatic heterocycles. The van der Waals surface area contributed by atoms with Crippen LogP contribution in [0.3, 0.4) is 0 Å². The Balaban J connectivity index is 1.70. The molecule has 1 aliphatic heterocycles. The summed E-state index contributed by atoms with van der Waals surface area (Å²) < 4.78 is 0. The second-order valence-electron chi connectivity index (χ2n) is 7.48. The molecule has 2 aliphatic rings. The molecule has 0 radical (unpaired) electrons. The number of benzene rings is 2. The van der Waals surface area contributed by atoms with E-state index in [0.29, 0.717) is 12.8 Å². The highest BCUT2D eigenvalue weighted by Crippen LogP contribution is 2.51. The number of carbonyl (C=O) groups is 2. The van der Waals surface area contributed by atoms with Crippen molar-refractivity contribution in [3.63, 3.8) is 0 Å². The van der Waals surface area contributed by atoms with Gasteiger partial charge in [-0.1, -0.05) is 48.2 Å². The largest absolute Gasteiger partial charge is 0.481 e. The number of hydrogen-bond acceptors (Lipinski definition) is 4. The molecular weight excluding hydrogens is 362 g/mol. The van der Waals surface area contributed by atoms with Crippen LogP contribution in [0.4, 0.5) is 0 Å². The average Bonchev–Trinajstić information content (AvgIpc) is 2.59. The summed E-state index contributed by atoms with van der Waals surface area (Å²) in [6.45, 7) is 0. The van der Waals surface area contributed by atoms with E-state index >= 15 is 0 Å². The van der Waals surface area contributed by atoms with Crippen molar-refractivity contribution in [3.8, 4) is 0 Å². The molecule has 1 saturated carbocycles. The van der Waals surface area contributed by atoms with E-state index in [-0.39, 0.29) is 18.3 Å². The van der Waals surface area contributed by atoms with Gasteiger partial charge in [0.1, 0.15) is 5.54 Å². The molecule has 2 aromatic rings. The minimum Gasteiger partial charge on any atom is -0.481 e. The SMILES string of the molecule is N[C@](CC1c2ccccc2Sc2ccccc21)(C(=O)O)[C@H]1C[C@@H](C(=O)O)C1. The summed E-state index contributed by atoms with van der Waals surface area (Å²) in [6.07, 6.45) is 0.902. The minimum atomic E-state index is -1.45. The van der Waals surface area contributed by atoms with Crippen molar-refractivity contribution >= 4 is 23.7 Å². The maximum absolute atomic E-state index is 12.2. The van der Waals surface area contributed by atoms with Gasteiger partial charge in [0.15, 0.2) is 0 Å². The Kier molecular flexibility index (Phi) is 4.48. The summed E-state index contributed by atoms with van der Waals surface area (Å²) in [5.41, 5.74) is 7.19. The summed E-state index contributed by atoms with van der Waals surface area (Å²) in [5, 5.41) is 19.1. The number of fused-ring (bicyclic) bond motifs is 2. The fraction of sp³-hybridized carbons (Fsp3) is 0.333. The molecule has 5 nitrogen and oxygen atoms in total. The summed E-state index contributed by atoms with van der Waals surface area (Å²) in [7, 11) is 0. The van der Waals surface area contributed by atoms with Gasteiger partial charge in [-0.15, -0.1) is 0 Å². The Labute approximate surface area is 161 Å². The lowest BCUT2D eigenvalue weighted by Crippen LogP contribution is -2.59. The van der Waals surface area contributed by atoms with E-state index in [4.69, 9.17) is 10.8 Å². The second-order valence-corrected chi connectivity index (χ2v) is 8.57. The van der Waals surface area contributed by atoms with E-state index < -0.39 is 23.4 Å². The minimum absolute atomic E-state index is 0.122. The molecule has 1 atom stereocenters. The third-order valence-corrected chi connectivity index (χ3v) is 7.15. The molecule has 0 amide bonds. The molecule has 1 fully saturated rings. The van der Waals surface area contributed by atoms with Crippen molar-refractivity contribution in [3.05, 3.63) is 59.7 Å². The Hall–Kier alpha value is -2.31. The van der Waals surface area contributed by atoms with Crippen molar-refractivity contribution in [2.24, 2.45) is 17.6 Å². The van der Waals surface area contributed by atoms with Crippen molar-refractivity contribution in [1.29, 1.82) is 0 Å². The van der Waals surface area contributed by atoms with Gasteiger partial charge in [-0.05, 0) is 48.4 Å². The topological polar surface area (TPSA) is 101 Å². The molecule has 0 saturated heterocycles. The van der Waals surface area contributed by atoms with E-state index in [1.807, 2.05) is 48.5 Å². The van der Waals surface area contributed by atoms with Crippen LogP contribution in [0.1, 0.15) is 36.3 Å². The molecule has 4 N–H and O–H groups in total. The van der Waals surface area contributed by atoms with Gasteiger partial charge < -0.3 is 15.9 Å². The first-order valence-electron chi connectivity index (χ1n) is 9.01.